The Labute approximate surface area is 137 Å². The molecule has 1 heterocycles. The molecule has 0 saturated heterocycles. The zero-order valence-electron chi connectivity index (χ0n) is 11.6. The Balaban J connectivity index is 1.77. The molecule has 0 radical (unpaired) electrons. The van der Waals surface area contributed by atoms with Crippen molar-refractivity contribution >= 4 is 38.5 Å². The maximum atomic E-state index is 6.21. The highest BCUT2D eigenvalue weighted by Crippen LogP contribution is 2.30. The lowest BCUT2D eigenvalue weighted by Crippen LogP contribution is -2.18. The minimum atomic E-state index is 0.239. The van der Waals surface area contributed by atoms with E-state index in [1.54, 1.807) is 0 Å². The van der Waals surface area contributed by atoms with Gasteiger partial charge in [0.2, 0.25) is 0 Å². The first-order valence-corrected chi connectivity index (χ1v) is 7.97. The van der Waals surface area contributed by atoms with Gasteiger partial charge in [-0.2, -0.15) is 0 Å². The molecule has 0 fully saturated rings. The molecule has 0 bridgehead atoms. The average Bonchev–Trinajstić information content (AvgIpc) is 2.81. The van der Waals surface area contributed by atoms with Crippen molar-refractivity contribution in [3.05, 3.63) is 69.3 Å². The van der Waals surface area contributed by atoms with Gasteiger partial charge in [-0.05, 0) is 42.3 Å². The third kappa shape index (κ3) is 3.15. The van der Waals surface area contributed by atoms with Crippen LogP contribution < -0.4 is 5.32 Å². The van der Waals surface area contributed by atoms with E-state index < -0.39 is 0 Å². The van der Waals surface area contributed by atoms with Gasteiger partial charge >= 0.3 is 0 Å². The Kier molecular flexibility index (Phi) is 4.34. The first-order chi connectivity index (χ1) is 10.1. The molecule has 21 heavy (non-hydrogen) atoms. The second-order valence-electron chi connectivity index (χ2n) is 5.00. The minimum absolute atomic E-state index is 0.239. The predicted molar refractivity (Wildman–Crippen MR) is 90.6 cm³/mol. The molecule has 1 aromatic heterocycles. The predicted octanol–water partition coefficient (Wildman–Crippen LogP) is 5.70. The van der Waals surface area contributed by atoms with E-state index in [4.69, 9.17) is 16.0 Å². The molecule has 108 valence electrons. The van der Waals surface area contributed by atoms with Crippen molar-refractivity contribution in [3.63, 3.8) is 0 Å². The zero-order valence-corrected chi connectivity index (χ0v) is 13.9. The van der Waals surface area contributed by atoms with Crippen molar-refractivity contribution in [2.75, 3.05) is 0 Å². The van der Waals surface area contributed by atoms with Gasteiger partial charge in [0.1, 0.15) is 5.58 Å². The van der Waals surface area contributed by atoms with E-state index in [0.717, 1.165) is 21.0 Å². The molecular formula is C17H15BrClNO. The summed E-state index contributed by atoms with van der Waals surface area (Å²) in [6, 6.07) is 16.5. The normalized spacial score (nSPS) is 12.7. The van der Waals surface area contributed by atoms with Crippen LogP contribution in [0.3, 0.4) is 0 Å². The number of nitrogens with one attached hydrogen (secondary N) is 1. The molecule has 0 saturated carbocycles. The Bertz CT molecular complexity index is 751. The van der Waals surface area contributed by atoms with Gasteiger partial charge in [-0.3, -0.25) is 0 Å². The summed E-state index contributed by atoms with van der Waals surface area (Å²) < 4.78 is 6.66. The molecule has 0 aliphatic rings. The number of rotatable bonds is 4. The number of hydrogen-bond donors (Lipinski definition) is 1. The lowest BCUT2D eigenvalue weighted by Gasteiger charge is -2.14. The summed E-state index contributed by atoms with van der Waals surface area (Å²) in [6.07, 6.45) is 0. The molecule has 0 spiro atoms. The minimum Gasteiger partial charge on any atom is -0.444 e. The van der Waals surface area contributed by atoms with Crippen molar-refractivity contribution in [1.82, 2.24) is 5.32 Å². The lowest BCUT2D eigenvalue weighted by atomic mass is 10.1. The van der Waals surface area contributed by atoms with Gasteiger partial charge in [0.15, 0.2) is 5.22 Å². The summed E-state index contributed by atoms with van der Waals surface area (Å²) in [5, 5.41) is 5.03. The second-order valence-corrected chi connectivity index (χ2v) is 6.26. The van der Waals surface area contributed by atoms with E-state index in [0.29, 0.717) is 11.8 Å². The molecule has 1 atom stereocenters. The number of furan rings is 1. The first kappa shape index (κ1) is 14.6. The molecular weight excluding hydrogens is 350 g/mol. The Morgan fingerprint density at radius 1 is 1.14 bits per heavy atom. The maximum absolute atomic E-state index is 6.21. The fraction of sp³-hybridized carbons (Fsp3) is 0.176. The third-order valence-electron chi connectivity index (χ3n) is 3.60. The van der Waals surface area contributed by atoms with Crippen LogP contribution in [0, 0.1) is 0 Å². The molecule has 3 rings (SSSR count). The van der Waals surface area contributed by atoms with Crippen molar-refractivity contribution in [1.29, 1.82) is 0 Å². The van der Waals surface area contributed by atoms with Crippen LogP contribution in [0.4, 0.5) is 0 Å². The number of hydrogen-bond acceptors (Lipinski definition) is 2. The quantitative estimate of drug-likeness (QED) is 0.642. The van der Waals surface area contributed by atoms with E-state index in [1.807, 2.05) is 36.4 Å². The Morgan fingerprint density at radius 2 is 1.86 bits per heavy atom. The fourth-order valence-corrected chi connectivity index (χ4v) is 2.87. The summed E-state index contributed by atoms with van der Waals surface area (Å²) in [4.78, 5) is 0. The number of para-hydroxylation sites is 1. The van der Waals surface area contributed by atoms with Gasteiger partial charge < -0.3 is 9.73 Å². The van der Waals surface area contributed by atoms with Crippen LogP contribution in [0.25, 0.3) is 11.0 Å². The summed E-state index contributed by atoms with van der Waals surface area (Å²) in [6.45, 7) is 2.81. The van der Waals surface area contributed by atoms with Crippen LogP contribution in [0.5, 0.6) is 0 Å². The van der Waals surface area contributed by atoms with Crippen LogP contribution in [-0.4, -0.2) is 0 Å². The lowest BCUT2D eigenvalue weighted by molar-refractivity contribution is 0.563. The van der Waals surface area contributed by atoms with Crippen LogP contribution >= 0.6 is 27.5 Å². The van der Waals surface area contributed by atoms with E-state index >= 15 is 0 Å². The SMILES string of the molecule is C[C@H](NCc1c(Cl)oc2ccccc12)c1ccc(Br)cc1. The monoisotopic (exact) mass is 363 g/mol. The van der Waals surface area contributed by atoms with Crippen LogP contribution in [-0.2, 0) is 6.54 Å². The standard InChI is InChI=1S/C17H15BrClNO/c1-11(12-6-8-13(18)9-7-12)20-10-15-14-4-2-3-5-16(14)21-17(15)19/h2-9,11,20H,10H2,1H3/t11-/m0/s1. The van der Waals surface area contributed by atoms with Crippen molar-refractivity contribution in [3.8, 4) is 0 Å². The molecule has 0 unspecified atom stereocenters. The molecule has 1 N–H and O–H groups in total. The molecule has 4 heteroatoms. The average molecular weight is 365 g/mol. The third-order valence-corrected chi connectivity index (χ3v) is 4.44. The zero-order chi connectivity index (χ0) is 14.8. The smallest absolute Gasteiger partial charge is 0.199 e. The van der Waals surface area contributed by atoms with Gasteiger partial charge in [0, 0.05) is 28.0 Å². The molecule has 2 nitrogen and oxygen atoms in total. The van der Waals surface area contributed by atoms with Crippen LogP contribution in [0.15, 0.2) is 57.4 Å². The van der Waals surface area contributed by atoms with Gasteiger partial charge in [-0.1, -0.05) is 46.3 Å². The summed E-state index contributed by atoms with van der Waals surface area (Å²) in [7, 11) is 0. The molecule has 2 aromatic carbocycles. The summed E-state index contributed by atoms with van der Waals surface area (Å²) >= 11 is 9.66. The van der Waals surface area contributed by atoms with Crippen molar-refractivity contribution < 1.29 is 4.42 Å². The van der Waals surface area contributed by atoms with Gasteiger partial charge in [-0.15, -0.1) is 0 Å². The molecule has 0 amide bonds. The Hall–Kier alpha value is -1.29. The maximum Gasteiger partial charge on any atom is 0.199 e. The highest BCUT2D eigenvalue weighted by atomic mass is 79.9. The largest absolute Gasteiger partial charge is 0.444 e. The van der Waals surface area contributed by atoms with E-state index in [-0.39, 0.29) is 6.04 Å². The van der Waals surface area contributed by atoms with E-state index in [9.17, 15) is 0 Å². The molecule has 0 aliphatic heterocycles. The number of halogens is 2. The highest BCUT2D eigenvalue weighted by Gasteiger charge is 2.13. The fourth-order valence-electron chi connectivity index (χ4n) is 2.36. The summed E-state index contributed by atoms with van der Waals surface area (Å²) in [5.41, 5.74) is 3.08. The van der Waals surface area contributed by atoms with Crippen molar-refractivity contribution in [2.24, 2.45) is 0 Å². The number of fused-ring (bicyclic) bond motifs is 1. The molecule has 3 aromatic rings. The van der Waals surface area contributed by atoms with Gasteiger partial charge in [0.25, 0.3) is 0 Å². The van der Waals surface area contributed by atoms with E-state index in [2.05, 4.69) is 40.3 Å². The Morgan fingerprint density at radius 3 is 2.62 bits per heavy atom. The van der Waals surface area contributed by atoms with Gasteiger partial charge in [-0.25, -0.2) is 0 Å². The van der Waals surface area contributed by atoms with E-state index in [1.165, 1.54) is 5.56 Å². The van der Waals surface area contributed by atoms with Gasteiger partial charge in [0.05, 0.1) is 0 Å². The van der Waals surface area contributed by atoms with Crippen LogP contribution in [0.2, 0.25) is 5.22 Å². The number of benzene rings is 2. The molecule has 0 aliphatic carbocycles. The second kappa shape index (κ2) is 6.22. The van der Waals surface area contributed by atoms with Crippen LogP contribution in [0.1, 0.15) is 24.1 Å². The first-order valence-electron chi connectivity index (χ1n) is 6.80. The highest BCUT2D eigenvalue weighted by molar-refractivity contribution is 9.10. The topological polar surface area (TPSA) is 25.2 Å². The van der Waals surface area contributed by atoms with Crippen molar-refractivity contribution in [2.45, 2.75) is 19.5 Å². The summed E-state index contributed by atoms with van der Waals surface area (Å²) in [5.74, 6) is 0.